The summed E-state index contributed by atoms with van der Waals surface area (Å²) in [6, 6.07) is 0.390. The van der Waals surface area contributed by atoms with Crippen molar-refractivity contribution in [3.8, 4) is 0 Å². The molecule has 2 saturated carbocycles. The number of carbonyl (C=O) groups excluding carboxylic acids is 1. The van der Waals surface area contributed by atoms with Crippen LogP contribution in [0.1, 0.15) is 106 Å². The molecule has 6 unspecified atom stereocenters. The van der Waals surface area contributed by atoms with Gasteiger partial charge in [-0.1, -0.05) is 61.3 Å². The van der Waals surface area contributed by atoms with Gasteiger partial charge in [-0.05, 0) is 67.6 Å². The van der Waals surface area contributed by atoms with E-state index in [1.54, 1.807) is 0 Å². The van der Waals surface area contributed by atoms with Gasteiger partial charge in [-0.15, -0.1) is 0 Å². The van der Waals surface area contributed by atoms with E-state index in [1.165, 1.54) is 25.7 Å². The van der Waals surface area contributed by atoms with Crippen molar-refractivity contribution in [2.75, 3.05) is 13.3 Å². The van der Waals surface area contributed by atoms with Crippen LogP contribution in [0.4, 0.5) is 0 Å². The van der Waals surface area contributed by atoms with Crippen LogP contribution in [0.25, 0.3) is 0 Å². The molecule has 0 aromatic rings. The lowest BCUT2D eigenvalue weighted by Gasteiger charge is -2.48. The largest absolute Gasteiger partial charge is 0.352 e. The summed E-state index contributed by atoms with van der Waals surface area (Å²) in [6.45, 7) is 17.6. The Morgan fingerprint density at radius 1 is 0.969 bits per heavy atom. The molecule has 1 aliphatic heterocycles. The Morgan fingerprint density at radius 3 is 2.31 bits per heavy atom. The minimum atomic E-state index is 0.0892. The maximum absolute atomic E-state index is 11.9. The van der Waals surface area contributed by atoms with Crippen molar-refractivity contribution in [2.24, 2.45) is 28.6 Å². The third-order valence-electron chi connectivity index (χ3n) is 9.52. The Balaban J connectivity index is 1.52. The molecule has 32 heavy (non-hydrogen) atoms. The average Bonchev–Trinajstić information content (AvgIpc) is 3.12. The van der Waals surface area contributed by atoms with Crippen LogP contribution in [0.15, 0.2) is 0 Å². The highest BCUT2D eigenvalue weighted by molar-refractivity contribution is 5.79. The van der Waals surface area contributed by atoms with E-state index < -0.39 is 0 Å². The number of ether oxygens (including phenoxy) is 2. The van der Waals surface area contributed by atoms with E-state index in [2.05, 4.69) is 52.0 Å². The normalized spacial score (nSPS) is 35.2. The van der Waals surface area contributed by atoms with Crippen molar-refractivity contribution in [3.63, 3.8) is 0 Å². The van der Waals surface area contributed by atoms with Gasteiger partial charge in [-0.3, -0.25) is 10.2 Å². The first-order valence-electron chi connectivity index (χ1n) is 13.4. The summed E-state index contributed by atoms with van der Waals surface area (Å²) in [7, 11) is 0. The lowest BCUT2D eigenvalue weighted by molar-refractivity contribution is -0.168. The van der Waals surface area contributed by atoms with Crippen LogP contribution in [0.2, 0.25) is 0 Å². The number of hydrogen-bond acceptors (Lipinski definition) is 4. The number of carbonyl (C=O) groups is 1. The second kappa shape index (κ2) is 10.7. The number of hydrazine groups is 1. The van der Waals surface area contributed by atoms with E-state index in [-0.39, 0.29) is 23.3 Å². The smallest absolute Gasteiger partial charge is 0.238 e. The van der Waals surface area contributed by atoms with Crippen molar-refractivity contribution < 1.29 is 14.3 Å². The van der Waals surface area contributed by atoms with Gasteiger partial charge in [-0.2, -0.15) is 0 Å². The molecular formula is C27H50N2O3. The molecule has 5 nitrogen and oxygen atoms in total. The van der Waals surface area contributed by atoms with E-state index >= 15 is 0 Å². The van der Waals surface area contributed by atoms with Gasteiger partial charge in [0.1, 0.15) is 6.79 Å². The Kier molecular flexibility index (Phi) is 8.71. The Morgan fingerprint density at radius 2 is 1.69 bits per heavy atom. The fraction of sp³-hybridized carbons (Fsp3) is 0.963. The molecule has 1 saturated heterocycles. The van der Waals surface area contributed by atoms with Crippen molar-refractivity contribution in [1.82, 2.24) is 10.4 Å². The summed E-state index contributed by atoms with van der Waals surface area (Å²) >= 11 is 0. The summed E-state index contributed by atoms with van der Waals surface area (Å²) in [4.78, 5) is 11.9. The number of rotatable bonds is 9. The summed E-state index contributed by atoms with van der Waals surface area (Å²) in [5.41, 5.74) is 3.75. The van der Waals surface area contributed by atoms with Gasteiger partial charge in [-0.25, -0.2) is 5.01 Å². The van der Waals surface area contributed by atoms with Crippen molar-refractivity contribution in [1.29, 1.82) is 0 Å². The first kappa shape index (κ1) is 26.0. The van der Waals surface area contributed by atoms with Crippen LogP contribution in [-0.2, 0) is 14.3 Å². The summed E-state index contributed by atoms with van der Waals surface area (Å²) in [5.74, 6) is 1.61. The average molecular weight is 451 g/mol. The maximum Gasteiger partial charge on any atom is 0.238 e. The molecule has 3 aliphatic rings. The third-order valence-corrected chi connectivity index (χ3v) is 9.52. The topological polar surface area (TPSA) is 50.8 Å². The van der Waals surface area contributed by atoms with Crippen LogP contribution in [-0.4, -0.2) is 42.5 Å². The van der Waals surface area contributed by atoms with Gasteiger partial charge < -0.3 is 9.47 Å². The molecule has 2 aliphatic carbocycles. The van der Waals surface area contributed by atoms with Gasteiger partial charge >= 0.3 is 0 Å². The molecular weight excluding hydrogens is 400 g/mol. The molecule has 0 spiro atoms. The highest BCUT2D eigenvalue weighted by atomic mass is 16.7. The second-order valence-electron chi connectivity index (χ2n) is 12.3. The van der Waals surface area contributed by atoms with Crippen molar-refractivity contribution in [3.05, 3.63) is 0 Å². The number of hydrogen-bond donors (Lipinski definition) is 1. The highest BCUT2D eigenvalue weighted by Crippen LogP contribution is 2.49. The fourth-order valence-electron chi connectivity index (χ4n) is 6.12. The van der Waals surface area contributed by atoms with Gasteiger partial charge in [0, 0.05) is 12.6 Å². The predicted molar refractivity (Wildman–Crippen MR) is 130 cm³/mol. The molecule has 3 fully saturated rings. The summed E-state index contributed by atoms with van der Waals surface area (Å²) < 4.78 is 12.7. The molecule has 1 amide bonds. The quantitative estimate of drug-likeness (QED) is 0.442. The Hall–Kier alpha value is -0.650. The van der Waals surface area contributed by atoms with E-state index in [9.17, 15) is 4.79 Å². The molecule has 0 radical (unpaired) electrons. The van der Waals surface area contributed by atoms with E-state index in [1.807, 2.05) is 6.92 Å². The molecule has 5 heteroatoms. The summed E-state index contributed by atoms with van der Waals surface area (Å²) in [5, 5.41) is 2.15. The van der Waals surface area contributed by atoms with Gasteiger partial charge in [0.2, 0.25) is 5.91 Å². The minimum absolute atomic E-state index is 0.0892. The van der Waals surface area contributed by atoms with E-state index in [0.29, 0.717) is 30.3 Å². The minimum Gasteiger partial charge on any atom is -0.352 e. The standard InChI is InChI=1S/C27H50N2O3/c1-8-26(4,5)20-13-14-24(23(15-20)27(6,7)9-2)32-18-31-22-12-10-11-21(16-22)29-17-19(3)25(30)28-29/h19-24H,8-18H2,1-7H3,(H,28,30). The lowest BCUT2D eigenvalue weighted by atomic mass is 9.60. The monoisotopic (exact) mass is 450 g/mol. The van der Waals surface area contributed by atoms with Gasteiger partial charge in [0.05, 0.1) is 18.1 Å². The Bertz CT molecular complexity index is 620. The zero-order valence-electron chi connectivity index (χ0n) is 21.9. The molecule has 0 bridgehead atoms. The molecule has 186 valence electrons. The van der Waals surface area contributed by atoms with Crippen LogP contribution in [0, 0.1) is 28.6 Å². The molecule has 1 N–H and O–H groups in total. The van der Waals surface area contributed by atoms with Crippen molar-refractivity contribution >= 4 is 5.91 Å². The van der Waals surface area contributed by atoms with E-state index in [4.69, 9.17) is 9.47 Å². The number of nitrogens with one attached hydrogen (secondary N) is 1. The zero-order chi connectivity index (χ0) is 23.5. The number of amides is 1. The summed E-state index contributed by atoms with van der Waals surface area (Å²) in [6.07, 6.45) is 11.0. The first-order chi connectivity index (χ1) is 15.1. The SMILES string of the molecule is CCC(C)(C)C1CCC(OCOC2CCCC(N3CC(C)C(=O)N3)C2)C(C(C)(C)CC)C1. The first-order valence-corrected chi connectivity index (χ1v) is 13.4. The molecule has 1 heterocycles. The fourth-order valence-corrected chi connectivity index (χ4v) is 6.12. The van der Waals surface area contributed by atoms with E-state index in [0.717, 1.165) is 44.6 Å². The van der Waals surface area contributed by atoms with Gasteiger partial charge in [0.25, 0.3) is 0 Å². The van der Waals surface area contributed by atoms with Crippen molar-refractivity contribution in [2.45, 2.75) is 125 Å². The molecule has 6 atom stereocenters. The van der Waals surface area contributed by atoms with Crippen LogP contribution < -0.4 is 5.43 Å². The van der Waals surface area contributed by atoms with Crippen LogP contribution in [0.3, 0.4) is 0 Å². The Labute approximate surface area is 197 Å². The highest BCUT2D eigenvalue weighted by Gasteiger charge is 2.43. The van der Waals surface area contributed by atoms with Gasteiger partial charge in [0.15, 0.2) is 0 Å². The molecule has 0 aromatic heterocycles. The molecule has 3 rings (SSSR count). The molecule has 0 aromatic carbocycles. The predicted octanol–water partition coefficient (Wildman–Crippen LogP) is 5.93. The third kappa shape index (κ3) is 6.07. The van der Waals surface area contributed by atoms with Crippen LogP contribution in [0.5, 0.6) is 0 Å². The number of nitrogens with zero attached hydrogens (tertiary/aromatic N) is 1. The second-order valence-corrected chi connectivity index (χ2v) is 12.3. The van der Waals surface area contributed by atoms with Crippen LogP contribution >= 0.6 is 0 Å². The maximum atomic E-state index is 11.9. The lowest BCUT2D eigenvalue weighted by Crippen LogP contribution is -2.46. The zero-order valence-corrected chi connectivity index (χ0v) is 21.9.